The van der Waals surface area contributed by atoms with Crippen molar-refractivity contribution >= 4 is 28.0 Å². The van der Waals surface area contributed by atoms with Crippen LogP contribution in [0.4, 0.5) is 0 Å². The zero-order valence-electron chi connectivity index (χ0n) is 6.21. The van der Waals surface area contributed by atoms with Crippen molar-refractivity contribution in [3.05, 3.63) is 29.8 Å². The Morgan fingerprint density at radius 1 is 1.55 bits per heavy atom. The summed E-state index contributed by atoms with van der Waals surface area (Å²) in [7, 11) is 0. The molecule has 60 valence electrons. The van der Waals surface area contributed by atoms with Gasteiger partial charge in [-0.2, -0.15) is 0 Å². The Morgan fingerprint density at radius 3 is 3.00 bits per heavy atom. The van der Waals surface area contributed by atoms with Gasteiger partial charge in [0.15, 0.2) is 0 Å². The van der Waals surface area contributed by atoms with Gasteiger partial charge in [0.25, 0.3) is 0 Å². The summed E-state index contributed by atoms with van der Waals surface area (Å²) in [4.78, 5) is 0. The fourth-order valence-electron chi connectivity index (χ4n) is 0.777. The first-order valence-electron chi connectivity index (χ1n) is 3.22. The van der Waals surface area contributed by atoms with Gasteiger partial charge >= 0.3 is 0 Å². The molecular formula is C8H9BrOS. The van der Waals surface area contributed by atoms with Crippen molar-refractivity contribution in [3.63, 3.8) is 0 Å². The molecule has 1 aromatic rings. The van der Waals surface area contributed by atoms with Gasteiger partial charge < -0.3 is 4.18 Å². The van der Waals surface area contributed by atoms with Gasteiger partial charge in [0, 0.05) is 11.6 Å². The summed E-state index contributed by atoms with van der Waals surface area (Å²) in [5, 5.41) is 0.874. The lowest BCUT2D eigenvalue weighted by Gasteiger charge is -2.01. The Bertz CT molecular complexity index is 227. The van der Waals surface area contributed by atoms with Gasteiger partial charge in [-0.3, -0.25) is 0 Å². The van der Waals surface area contributed by atoms with Crippen molar-refractivity contribution in [1.29, 1.82) is 0 Å². The third-order valence-electron chi connectivity index (χ3n) is 1.23. The number of halogens is 1. The average molecular weight is 233 g/mol. The first-order valence-corrected chi connectivity index (χ1v) is 5.49. The topological polar surface area (TPSA) is 9.23 Å². The zero-order valence-corrected chi connectivity index (χ0v) is 8.61. The van der Waals surface area contributed by atoms with E-state index in [9.17, 15) is 0 Å². The number of rotatable bonds is 3. The van der Waals surface area contributed by atoms with Crippen LogP contribution in [0.25, 0.3) is 0 Å². The lowest BCUT2D eigenvalue weighted by atomic mass is 10.2. The van der Waals surface area contributed by atoms with E-state index in [0.717, 1.165) is 11.1 Å². The Hall–Kier alpha value is -0.150. The standard InChI is InChI=1S/C8H9BrOS/c1-11-10-8-4-2-3-7(5-8)6-9/h2-5H,6H2,1H3. The van der Waals surface area contributed by atoms with Gasteiger partial charge in [0.1, 0.15) is 5.75 Å². The second-order valence-corrected chi connectivity index (χ2v) is 3.09. The van der Waals surface area contributed by atoms with Crippen molar-refractivity contribution in [2.45, 2.75) is 5.33 Å². The highest BCUT2D eigenvalue weighted by atomic mass is 79.9. The van der Waals surface area contributed by atoms with Crippen LogP contribution in [0.5, 0.6) is 5.75 Å². The predicted molar refractivity (Wildman–Crippen MR) is 53.2 cm³/mol. The van der Waals surface area contributed by atoms with Gasteiger partial charge in [0.05, 0.1) is 12.0 Å². The summed E-state index contributed by atoms with van der Waals surface area (Å²) in [5.74, 6) is 0.912. The summed E-state index contributed by atoms with van der Waals surface area (Å²) in [5.41, 5.74) is 1.23. The number of alkyl halides is 1. The van der Waals surface area contributed by atoms with Crippen molar-refractivity contribution < 1.29 is 4.18 Å². The van der Waals surface area contributed by atoms with Gasteiger partial charge in [-0.25, -0.2) is 0 Å². The molecule has 0 fully saturated rings. The predicted octanol–water partition coefficient (Wildman–Crippen LogP) is 3.24. The summed E-state index contributed by atoms with van der Waals surface area (Å²) in [6.45, 7) is 0. The molecule has 0 aromatic heterocycles. The molecule has 0 radical (unpaired) electrons. The van der Waals surface area contributed by atoms with Crippen LogP contribution >= 0.6 is 28.0 Å². The quantitative estimate of drug-likeness (QED) is 0.585. The molecule has 1 aromatic carbocycles. The minimum Gasteiger partial charge on any atom is -0.426 e. The van der Waals surface area contributed by atoms with Crippen molar-refractivity contribution in [1.82, 2.24) is 0 Å². The SMILES string of the molecule is CSOc1cccc(CBr)c1. The Morgan fingerprint density at radius 2 is 2.36 bits per heavy atom. The van der Waals surface area contributed by atoms with E-state index in [2.05, 4.69) is 22.0 Å². The molecule has 1 rings (SSSR count). The van der Waals surface area contributed by atoms with Crippen molar-refractivity contribution in [3.8, 4) is 5.75 Å². The normalized spacial score (nSPS) is 9.64. The maximum Gasteiger partial charge on any atom is 0.137 e. The zero-order chi connectivity index (χ0) is 8.10. The Labute approximate surface area is 79.5 Å². The molecule has 0 spiro atoms. The third-order valence-corrected chi connectivity index (χ3v) is 2.24. The van der Waals surface area contributed by atoms with Gasteiger partial charge in [-0.05, 0) is 17.7 Å². The van der Waals surface area contributed by atoms with E-state index >= 15 is 0 Å². The van der Waals surface area contributed by atoms with Gasteiger partial charge in [-0.1, -0.05) is 28.1 Å². The highest BCUT2D eigenvalue weighted by Crippen LogP contribution is 2.17. The molecule has 0 aliphatic carbocycles. The molecule has 0 N–H and O–H groups in total. The minimum atomic E-state index is 0.874. The second-order valence-electron chi connectivity index (χ2n) is 2.03. The molecular weight excluding hydrogens is 224 g/mol. The van der Waals surface area contributed by atoms with Gasteiger partial charge in [0.2, 0.25) is 0 Å². The van der Waals surface area contributed by atoms with Crippen LogP contribution in [-0.2, 0) is 5.33 Å². The first kappa shape index (κ1) is 8.94. The summed E-state index contributed by atoms with van der Waals surface area (Å²) in [6.07, 6.45) is 1.90. The van der Waals surface area contributed by atoms with Crippen LogP contribution in [0.15, 0.2) is 24.3 Å². The van der Waals surface area contributed by atoms with Crippen LogP contribution in [0.1, 0.15) is 5.56 Å². The maximum absolute atomic E-state index is 5.24. The Balaban J connectivity index is 2.74. The fraction of sp³-hybridized carbons (Fsp3) is 0.250. The van der Waals surface area contributed by atoms with E-state index in [-0.39, 0.29) is 0 Å². The van der Waals surface area contributed by atoms with Crippen LogP contribution in [-0.4, -0.2) is 6.26 Å². The summed E-state index contributed by atoms with van der Waals surface area (Å²) in [6, 6.07) is 8.01. The molecule has 0 aliphatic heterocycles. The highest BCUT2D eigenvalue weighted by molar-refractivity contribution is 9.08. The third kappa shape index (κ3) is 2.75. The second kappa shape index (κ2) is 4.67. The van der Waals surface area contributed by atoms with E-state index in [1.54, 1.807) is 0 Å². The molecule has 0 unspecified atom stereocenters. The molecule has 0 saturated heterocycles. The van der Waals surface area contributed by atoms with E-state index in [4.69, 9.17) is 4.18 Å². The summed E-state index contributed by atoms with van der Waals surface area (Å²) < 4.78 is 5.24. The molecule has 0 saturated carbocycles. The van der Waals surface area contributed by atoms with Gasteiger partial charge in [-0.15, -0.1) is 0 Å². The molecule has 0 aliphatic rings. The van der Waals surface area contributed by atoms with Crippen LogP contribution in [0, 0.1) is 0 Å². The maximum atomic E-state index is 5.24. The first-order chi connectivity index (χ1) is 5.36. The molecule has 1 nitrogen and oxygen atoms in total. The average Bonchev–Trinajstić information content (AvgIpc) is 2.06. The molecule has 0 atom stereocenters. The lowest BCUT2D eigenvalue weighted by molar-refractivity contribution is 0.649. The molecule has 3 heteroatoms. The molecule has 11 heavy (non-hydrogen) atoms. The highest BCUT2D eigenvalue weighted by Gasteiger charge is 1.93. The minimum absolute atomic E-state index is 0.874. The number of hydrogen-bond acceptors (Lipinski definition) is 2. The lowest BCUT2D eigenvalue weighted by Crippen LogP contribution is -1.81. The van der Waals surface area contributed by atoms with E-state index in [1.165, 1.54) is 17.6 Å². The molecule has 0 bridgehead atoms. The van der Waals surface area contributed by atoms with Crippen LogP contribution in [0.2, 0.25) is 0 Å². The largest absolute Gasteiger partial charge is 0.426 e. The fourth-order valence-corrected chi connectivity index (χ4v) is 1.42. The van der Waals surface area contributed by atoms with Crippen LogP contribution < -0.4 is 4.18 Å². The number of hydrogen-bond donors (Lipinski definition) is 0. The van der Waals surface area contributed by atoms with Crippen LogP contribution in [0.3, 0.4) is 0 Å². The summed E-state index contributed by atoms with van der Waals surface area (Å²) >= 11 is 4.74. The molecule has 0 heterocycles. The van der Waals surface area contributed by atoms with Crippen molar-refractivity contribution in [2.24, 2.45) is 0 Å². The van der Waals surface area contributed by atoms with E-state index in [0.29, 0.717) is 0 Å². The van der Waals surface area contributed by atoms with Crippen molar-refractivity contribution in [2.75, 3.05) is 6.26 Å². The Kier molecular flexibility index (Phi) is 3.80. The molecule has 0 amide bonds. The monoisotopic (exact) mass is 232 g/mol. The smallest absolute Gasteiger partial charge is 0.137 e. The van der Waals surface area contributed by atoms with E-state index in [1.807, 2.05) is 24.5 Å². The number of benzene rings is 1. The van der Waals surface area contributed by atoms with E-state index < -0.39 is 0 Å².